The Morgan fingerprint density at radius 3 is 1.73 bits per heavy atom. The molecule has 0 aliphatic rings. The van der Waals surface area contributed by atoms with Crippen molar-refractivity contribution in [2.45, 2.75) is 0 Å². The van der Waals surface area contributed by atoms with Gasteiger partial charge >= 0.3 is 0 Å². The van der Waals surface area contributed by atoms with E-state index in [-0.39, 0.29) is 0 Å². The molecule has 0 aliphatic carbocycles. The number of furan rings is 1. The first-order chi connectivity index (χ1) is 22.3. The number of rotatable bonds is 3. The summed E-state index contributed by atoms with van der Waals surface area (Å²) in [5, 5.41) is 7.22. The molecule has 0 saturated heterocycles. The number of hydrogen-bond acceptors (Lipinski definition) is 1. The Balaban J connectivity index is 1.34. The van der Waals surface area contributed by atoms with Gasteiger partial charge in [-0.25, -0.2) is 0 Å². The molecule has 10 rings (SSSR count). The van der Waals surface area contributed by atoms with E-state index in [9.17, 15) is 0 Å². The van der Waals surface area contributed by atoms with Crippen molar-refractivity contribution in [2.75, 3.05) is 0 Å². The Hall–Kier alpha value is -6.06. The molecule has 0 bridgehead atoms. The topological polar surface area (TPSA) is 23.0 Å². The molecule has 0 aliphatic heterocycles. The lowest BCUT2D eigenvalue weighted by molar-refractivity contribution is 0.670. The minimum atomic E-state index is 0.910. The Morgan fingerprint density at radius 1 is 0.356 bits per heavy atom. The molecule has 45 heavy (non-hydrogen) atoms. The lowest BCUT2D eigenvalue weighted by Crippen LogP contribution is -1.95. The van der Waals surface area contributed by atoms with Gasteiger partial charge in [0.1, 0.15) is 11.2 Å². The molecule has 0 radical (unpaired) electrons. The highest BCUT2D eigenvalue weighted by atomic mass is 16.3. The molecule has 3 nitrogen and oxygen atoms in total. The molecule has 7 aromatic carbocycles. The molecule has 3 heteroatoms. The Bertz CT molecular complexity index is 2710. The average Bonchev–Trinajstić information content (AvgIpc) is 3.76. The molecule has 0 atom stereocenters. The summed E-state index contributed by atoms with van der Waals surface area (Å²) >= 11 is 0. The minimum Gasteiger partial charge on any atom is -0.455 e. The number of nitrogens with zero attached hydrogens (tertiary/aromatic N) is 2. The maximum atomic E-state index is 6.56. The van der Waals surface area contributed by atoms with Gasteiger partial charge in [-0.2, -0.15) is 0 Å². The van der Waals surface area contributed by atoms with Crippen molar-refractivity contribution in [2.24, 2.45) is 0 Å². The summed E-state index contributed by atoms with van der Waals surface area (Å²) in [7, 11) is 0. The van der Waals surface area contributed by atoms with Gasteiger partial charge in [0.15, 0.2) is 0 Å². The van der Waals surface area contributed by atoms with E-state index >= 15 is 0 Å². The average molecular weight is 575 g/mol. The van der Waals surface area contributed by atoms with Crippen LogP contribution in [0, 0.1) is 0 Å². The highest BCUT2D eigenvalue weighted by Gasteiger charge is 2.20. The highest BCUT2D eigenvalue weighted by molar-refractivity contribution is 6.20. The van der Waals surface area contributed by atoms with E-state index in [2.05, 4.69) is 161 Å². The summed E-state index contributed by atoms with van der Waals surface area (Å²) in [5.41, 5.74) is 11.1. The predicted octanol–water partition coefficient (Wildman–Crippen LogP) is 11.4. The van der Waals surface area contributed by atoms with Crippen LogP contribution in [0.1, 0.15) is 0 Å². The van der Waals surface area contributed by atoms with Crippen LogP contribution in [0.5, 0.6) is 0 Å². The molecule has 10 aromatic rings. The Morgan fingerprint density at radius 2 is 0.933 bits per heavy atom. The number of fused-ring (bicyclic) bond motifs is 9. The van der Waals surface area contributed by atoms with Crippen LogP contribution in [-0.4, -0.2) is 9.13 Å². The standard InChI is InChI=1S/C42H26N2O/c1-2-12-27(13-3-1)43-38-25-24-28(44-36-20-7-4-14-29(36)30-15-5-8-21-37(30)44)26-35(38)41-32(17-11-22-39(41)43)34-19-10-18-33-31-16-6-9-23-40(31)45-42(33)34/h1-26H. The van der Waals surface area contributed by atoms with E-state index in [4.69, 9.17) is 4.42 Å². The molecule has 0 fully saturated rings. The van der Waals surface area contributed by atoms with Crippen LogP contribution in [0.4, 0.5) is 0 Å². The highest BCUT2D eigenvalue weighted by Crippen LogP contribution is 2.43. The van der Waals surface area contributed by atoms with E-state index in [0.717, 1.165) is 44.4 Å². The molecule has 0 spiro atoms. The summed E-state index contributed by atoms with van der Waals surface area (Å²) in [4.78, 5) is 0. The fourth-order valence-electron chi connectivity index (χ4n) is 7.44. The van der Waals surface area contributed by atoms with Crippen molar-refractivity contribution < 1.29 is 4.42 Å². The van der Waals surface area contributed by atoms with Crippen molar-refractivity contribution >= 4 is 65.6 Å². The summed E-state index contributed by atoms with van der Waals surface area (Å²) in [5.74, 6) is 0. The quantitative estimate of drug-likeness (QED) is 0.206. The zero-order valence-electron chi connectivity index (χ0n) is 24.3. The second-order valence-electron chi connectivity index (χ2n) is 11.7. The number of para-hydroxylation sites is 5. The Labute approximate surface area is 258 Å². The van der Waals surface area contributed by atoms with Gasteiger partial charge in [-0.3, -0.25) is 0 Å². The Kier molecular flexibility index (Phi) is 5.00. The maximum absolute atomic E-state index is 6.56. The van der Waals surface area contributed by atoms with E-state index in [1.807, 2.05) is 6.07 Å². The summed E-state index contributed by atoms with van der Waals surface area (Å²) in [6.45, 7) is 0. The smallest absolute Gasteiger partial charge is 0.143 e. The largest absolute Gasteiger partial charge is 0.455 e. The zero-order chi connectivity index (χ0) is 29.5. The molecule has 210 valence electrons. The van der Waals surface area contributed by atoms with E-state index in [1.165, 1.54) is 43.6 Å². The fraction of sp³-hybridized carbons (Fsp3) is 0. The fourth-order valence-corrected chi connectivity index (χ4v) is 7.44. The summed E-state index contributed by atoms with van der Waals surface area (Å²) < 4.78 is 11.4. The first-order valence-electron chi connectivity index (χ1n) is 15.4. The number of hydrogen-bond donors (Lipinski definition) is 0. The third-order valence-corrected chi connectivity index (χ3v) is 9.32. The number of aromatic nitrogens is 2. The van der Waals surface area contributed by atoms with Gasteiger partial charge in [-0.1, -0.05) is 103 Å². The molecule has 0 N–H and O–H groups in total. The second-order valence-corrected chi connectivity index (χ2v) is 11.7. The van der Waals surface area contributed by atoms with Gasteiger partial charge in [0.05, 0.1) is 22.1 Å². The van der Waals surface area contributed by atoms with Crippen LogP contribution >= 0.6 is 0 Å². The zero-order valence-corrected chi connectivity index (χ0v) is 24.3. The van der Waals surface area contributed by atoms with Gasteiger partial charge in [0.25, 0.3) is 0 Å². The third-order valence-electron chi connectivity index (χ3n) is 9.32. The molecular weight excluding hydrogens is 548 g/mol. The molecule has 0 unspecified atom stereocenters. The van der Waals surface area contributed by atoms with Crippen molar-refractivity contribution in [3.8, 4) is 22.5 Å². The third kappa shape index (κ3) is 3.41. The normalized spacial score (nSPS) is 12.0. The second kappa shape index (κ2) is 9.22. The molecular formula is C42H26N2O. The van der Waals surface area contributed by atoms with Crippen molar-refractivity contribution in [3.05, 3.63) is 158 Å². The van der Waals surface area contributed by atoms with Crippen LogP contribution in [0.15, 0.2) is 162 Å². The monoisotopic (exact) mass is 574 g/mol. The van der Waals surface area contributed by atoms with Gasteiger partial charge < -0.3 is 13.6 Å². The first kappa shape index (κ1) is 24.4. The number of benzene rings is 7. The molecule has 3 heterocycles. The molecule has 0 saturated carbocycles. The first-order valence-corrected chi connectivity index (χ1v) is 15.4. The summed E-state index contributed by atoms with van der Waals surface area (Å²) in [6.07, 6.45) is 0. The van der Waals surface area contributed by atoms with Crippen LogP contribution in [-0.2, 0) is 0 Å². The molecule has 3 aromatic heterocycles. The maximum Gasteiger partial charge on any atom is 0.143 e. The van der Waals surface area contributed by atoms with E-state index in [1.54, 1.807) is 0 Å². The lowest BCUT2D eigenvalue weighted by Gasteiger charge is -2.10. The van der Waals surface area contributed by atoms with E-state index < -0.39 is 0 Å². The van der Waals surface area contributed by atoms with Crippen molar-refractivity contribution in [3.63, 3.8) is 0 Å². The predicted molar refractivity (Wildman–Crippen MR) is 188 cm³/mol. The minimum absolute atomic E-state index is 0.910. The van der Waals surface area contributed by atoms with Gasteiger partial charge in [0.2, 0.25) is 0 Å². The van der Waals surface area contributed by atoms with Gasteiger partial charge in [-0.05, 0) is 60.2 Å². The van der Waals surface area contributed by atoms with Gasteiger partial charge in [-0.15, -0.1) is 0 Å². The summed E-state index contributed by atoms with van der Waals surface area (Å²) in [6, 6.07) is 56.5. The van der Waals surface area contributed by atoms with E-state index in [0.29, 0.717) is 0 Å². The van der Waals surface area contributed by atoms with Crippen molar-refractivity contribution in [1.29, 1.82) is 0 Å². The van der Waals surface area contributed by atoms with Crippen LogP contribution in [0.25, 0.3) is 88.1 Å². The van der Waals surface area contributed by atoms with Crippen molar-refractivity contribution in [1.82, 2.24) is 9.13 Å². The molecule has 0 amide bonds. The SMILES string of the molecule is c1ccc(-n2c3ccc(-n4c5ccccc5c5ccccc54)cc3c3c(-c4cccc5c4oc4ccccc45)cccc32)cc1. The van der Waals surface area contributed by atoms with Crippen LogP contribution in [0.2, 0.25) is 0 Å². The van der Waals surface area contributed by atoms with Crippen LogP contribution < -0.4 is 0 Å². The van der Waals surface area contributed by atoms with Crippen LogP contribution in [0.3, 0.4) is 0 Å². The van der Waals surface area contributed by atoms with Gasteiger partial charge in [0, 0.05) is 49.3 Å². The lowest BCUT2D eigenvalue weighted by atomic mass is 9.97.